The van der Waals surface area contributed by atoms with Crippen LogP contribution in [0, 0.1) is 0 Å². The van der Waals surface area contributed by atoms with E-state index in [1.807, 2.05) is 12.1 Å². The smallest absolute Gasteiger partial charge is 0.179 e. The van der Waals surface area contributed by atoms with Crippen LogP contribution in [0.2, 0.25) is 0 Å². The fourth-order valence-electron chi connectivity index (χ4n) is 1.41. The molecule has 0 fully saturated rings. The van der Waals surface area contributed by atoms with Crippen molar-refractivity contribution in [1.82, 2.24) is 5.32 Å². The first-order valence-corrected chi connectivity index (χ1v) is 7.10. The number of hydrogen-bond donors (Lipinski definition) is 1. The van der Waals surface area contributed by atoms with Crippen LogP contribution in [0.4, 0.5) is 0 Å². The molecule has 1 N–H and O–H groups in total. The van der Waals surface area contributed by atoms with Crippen LogP contribution in [0.15, 0.2) is 29.2 Å². The van der Waals surface area contributed by atoms with Crippen LogP contribution in [0.3, 0.4) is 0 Å². The second kappa shape index (κ2) is 5.46. The monoisotopic (exact) mass is 241 g/mol. The van der Waals surface area contributed by atoms with Crippen molar-refractivity contribution in [3.05, 3.63) is 29.8 Å². The molecule has 0 aromatic heterocycles. The van der Waals surface area contributed by atoms with Crippen LogP contribution in [0.1, 0.15) is 25.3 Å². The molecule has 0 saturated heterocycles. The van der Waals surface area contributed by atoms with E-state index in [-0.39, 0.29) is 5.75 Å². The second-order valence-corrected chi connectivity index (χ2v) is 6.26. The molecule has 0 amide bonds. The molecule has 0 aliphatic rings. The summed E-state index contributed by atoms with van der Waals surface area (Å²) in [7, 11) is -1.38. The van der Waals surface area contributed by atoms with E-state index in [9.17, 15) is 8.42 Å². The Labute approximate surface area is 97.8 Å². The van der Waals surface area contributed by atoms with Crippen molar-refractivity contribution in [2.24, 2.45) is 0 Å². The van der Waals surface area contributed by atoms with Crippen molar-refractivity contribution in [1.29, 1.82) is 0 Å². The summed E-state index contributed by atoms with van der Waals surface area (Å²) in [6.07, 6.45) is 0. The van der Waals surface area contributed by atoms with Gasteiger partial charge in [0.05, 0.1) is 10.6 Å². The fraction of sp³-hybridized carbons (Fsp3) is 0.500. The molecule has 1 rings (SSSR count). The Morgan fingerprint density at radius 3 is 2.19 bits per heavy atom. The predicted octanol–water partition coefficient (Wildman–Crippen LogP) is 1.80. The van der Waals surface area contributed by atoms with E-state index in [0.29, 0.717) is 17.4 Å². The topological polar surface area (TPSA) is 46.2 Å². The normalized spacial score (nSPS) is 12.0. The van der Waals surface area contributed by atoms with Crippen LogP contribution >= 0.6 is 0 Å². The molecule has 0 atom stereocenters. The van der Waals surface area contributed by atoms with Gasteiger partial charge in [-0.3, -0.25) is 0 Å². The van der Waals surface area contributed by atoms with Gasteiger partial charge in [0.2, 0.25) is 0 Å². The van der Waals surface area contributed by atoms with E-state index in [1.54, 1.807) is 19.2 Å². The van der Waals surface area contributed by atoms with Crippen LogP contribution in [0.25, 0.3) is 0 Å². The van der Waals surface area contributed by atoms with Crippen LogP contribution in [0.5, 0.6) is 0 Å². The van der Waals surface area contributed by atoms with E-state index in [1.165, 1.54) is 0 Å². The summed E-state index contributed by atoms with van der Waals surface area (Å²) < 4.78 is 23.7. The van der Waals surface area contributed by atoms with E-state index in [4.69, 9.17) is 0 Å². The fourth-order valence-corrected chi connectivity index (χ4v) is 2.67. The molecule has 0 unspecified atom stereocenters. The molecular weight excluding hydrogens is 222 g/mol. The van der Waals surface area contributed by atoms with Gasteiger partial charge in [0, 0.05) is 6.54 Å². The summed E-state index contributed by atoms with van der Waals surface area (Å²) in [5.41, 5.74) is 1.16. The Kier molecular flexibility index (Phi) is 4.50. The standard InChI is InChI=1S/C12H19NO2S/c1-10(2)11-4-6-12(7-5-11)16(14,15)9-8-13-3/h4-7,10,13H,8-9H2,1-3H3. The van der Waals surface area contributed by atoms with E-state index in [0.717, 1.165) is 5.56 Å². The third-order valence-electron chi connectivity index (χ3n) is 2.53. The van der Waals surface area contributed by atoms with Gasteiger partial charge in [-0.25, -0.2) is 8.42 Å². The van der Waals surface area contributed by atoms with Gasteiger partial charge in [-0.15, -0.1) is 0 Å². The molecule has 0 spiro atoms. The number of sulfone groups is 1. The van der Waals surface area contributed by atoms with Crippen molar-refractivity contribution in [3.63, 3.8) is 0 Å². The number of nitrogens with one attached hydrogen (secondary N) is 1. The maximum absolute atomic E-state index is 11.8. The quantitative estimate of drug-likeness (QED) is 0.855. The van der Waals surface area contributed by atoms with E-state index < -0.39 is 9.84 Å². The molecule has 0 saturated carbocycles. The van der Waals surface area contributed by atoms with Crippen LogP contribution < -0.4 is 5.32 Å². The zero-order chi connectivity index (χ0) is 12.2. The SMILES string of the molecule is CNCCS(=O)(=O)c1ccc(C(C)C)cc1. The Hall–Kier alpha value is -0.870. The zero-order valence-electron chi connectivity index (χ0n) is 10.0. The summed E-state index contributed by atoms with van der Waals surface area (Å²) in [6, 6.07) is 7.16. The molecule has 16 heavy (non-hydrogen) atoms. The third-order valence-corrected chi connectivity index (χ3v) is 4.26. The third kappa shape index (κ3) is 3.32. The van der Waals surface area contributed by atoms with Gasteiger partial charge in [-0.2, -0.15) is 0 Å². The molecular formula is C12H19NO2S. The molecule has 4 heteroatoms. The molecule has 3 nitrogen and oxygen atoms in total. The minimum Gasteiger partial charge on any atom is -0.319 e. The van der Waals surface area contributed by atoms with Gasteiger partial charge in [-0.05, 0) is 30.7 Å². The maximum atomic E-state index is 11.8. The molecule has 1 aromatic rings. The van der Waals surface area contributed by atoms with E-state index in [2.05, 4.69) is 19.2 Å². The molecule has 0 bridgehead atoms. The first-order chi connectivity index (χ1) is 7.47. The molecule has 0 radical (unpaired) electrons. The zero-order valence-corrected chi connectivity index (χ0v) is 10.8. The lowest BCUT2D eigenvalue weighted by Gasteiger charge is -2.07. The van der Waals surface area contributed by atoms with Gasteiger partial charge in [0.15, 0.2) is 9.84 Å². The Morgan fingerprint density at radius 2 is 1.75 bits per heavy atom. The van der Waals surface area contributed by atoms with Gasteiger partial charge < -0.3 is 5.32 Å². The Bertz CT molecular complexity index is 421. The Morgan fingerprint density at radius 1 is 1.19 bits per heavy atom. The van der Waals surface area contributed by atoms with Crippen molar-refractivity contribution >= 4 is 9.84 Å². The predicted molar refractivity (Wildman–Crippen MR) is 66.5 cm³/mol. The highest BCUT2D eigenvalue weighted by atomic mass is 32.2. The molecule has 0 aliphatic carbocycles. The van der Waals surface area contributed by atoms with Gasteiger partial charge in [-0.1, -0.05) is 26.0 Å². The van der Waals surface area contributed by atoms with Crippen LogP contribution in [-0.4, -0.2) is 27.8 Å². The summed E-state index contributed by atoms with van der Waals surface area (Å²) in [5, 5.41) is 2.84. The lowest BCUT2D eigenvalue weighted by Crippen LogP contribution is -2.19. The molecule has 0 aliphatic heterocycles. The summed E-state index contributed by atoms with van der Waals surface area (Å²) in [4.78, 5) is 0.409. The lowest BCUT2D eigenvalue weighted by molar-refractivity contribution is 0.593. The van der Waals surface area contributed by atoms with Crippen LogP contribution in [-0.2, 0) is 9.84 Å². The van der Waals surface area contributed by atoms with Crippen molar-refractivity contribution in [3.8, 4) is 0 Å². The minimum atomic E-state index is -3.13. The molecule has 1 aromatic carbocycles. The minimum absolute atomic E-state index is 0.143. The first-order valence-electron chi connectivity index (χ1n) is 5.44. The van der Waals surface area contributed by atoms with Gasteiger partial charge in [0.1, 0.15) is 0 Å². The lowest BCUT2D eigenvalue weighted by atomic mass is 10.0. The highest BCUT2D eigenvalue weighted by Gasteiger charge is 2.13. The van der Waals surface area contributed by atoms with Gasteiger partial charge >= 0.3 is 0 Å². The van der Waals surface area contributed by atoms with Crippen molar-refractivity contribution in [2.75, 3.05) is 19.3 Å². The number of benzene rings is 1. The molecule has 90 valence electrons. The maximum Gasteiger partial charge on any atom is 0.179 e. The molecule has 0 heterocycles. The average Bonchev–Trinajstić information content (AvgIpc) is 2.26. The van der Waals surface area contributed by atoms with Crippen molar-refractivity contribution in [2.45, 2.75) is 24.7 Å². The second-order valence-electron chi connectivity index (χ2n) is 4.15. The largest absolute Gasteiger partial charge is 0.319 e. The highest BCUT2D eigenvalue weighted by molar-refractivity contribution is 7.91. The number of rotatable bonds is 5. The summed E-state index contributed by atoms with van der Waals surface area (Å²) in [5.74, 6) is 0.568. The first kappa shape index (κ1) is 13.2. The number of hydrogen-bond acceptors (Lipinski definition) is 3. The average molecular weight is 241 g/mol. The van der Waals surface area contributed by atoms with E-state index >= 15 is 0 Å². The van der Waals surface area contributed by atoms with Crippen molar-refractivity contribution < 1.29 is 8.42 Å². The van der Waals surface area contributed by atoms with Gasteiger partial charge in [0.25, 0.3) is 0 Å². The summed E-state index contributed by atoms with van der Waals surface area (Å²) >= 11 is 0. The Balaban J connectivity index is 2.89. The summed E-state index contributed by atoms with van der Waals surface area (Å²) in [6.45, 7) is 4.66. The highest BCUT2D eigenvalue weighted by Crippen LogP contribution is 2.17.